The van der Waals surface area contributed by atoms with Crippen molar-refractivity contribution in [2.24, 2.45) is 4.99 Å². The molecular weight excluding hydrogens is 426 g/mol. The van der Waals surface area contributed by atoms with Crippen LogP contribution >= 0.6 is 11.8 Å². The van der Waals surface area contributed by atoms with E-state index in [0.717, 1.165) is 24.5 Å². The molecule has 0 aliphatic carbocycles. The molecule has 0 saturated carbocycles. The van der Waals surface area contributed by atoms with Gasteiger partial charge in [0, 0.05) is 42.6 Å². The Morgan fingerprint density at radius 2 is 1.83 bits per heavy atom. The molecule has 0 aromatic heterocycles. The Bertz CT molecular complexity index is 926. The van der Waals surface area contributed by atoms with Crippen LogP contribution in [0.2, 0.25) is 0 Å². The number of benzene rings is 1. The molecule has 2 heterocycles. The number of carboxylic acids is 1. The fourth-order valence-electron chi connectivity index (χ4n) is 3.83. The van der Waals surface area contributed by atoms with E-state index in [1.807, 2.05) is 29.2 Å². The summed E-state index contributed by atoms with van der Waals surface area (Å²) in [4.78, 5) is 31.2. The summed E-state index contributed by atoms with van der Waals surface area (Å²) in [5.41, 5.74) is 1.88. The molecule has 2 atom stereocenters. The van der Waals surface area contributed by atoms with E-state index in [9.17, 15) is 18.0 Å². The lowest BCUT2D eigenvalue weighted by atomic mass is 10.2. The molecule has 10 heteroatoms. The van der Waals surface area contributed by atoms with Crippen LogP contribution in [0.3, 0.4) is 0 Å². The molecule has 1 N–H and O–H groups in total. The lowest BCUT2D eigenvalue weighted by Crippen LogP contribution is -2.37. The van der Waals surface area contributed by atoms with Gasteiger partial charge in [-0.05, 0) is 44.5 Å². The number of nitrogens with zero attached hydrogens (tertiary/aromatic N) is 3. The molecule has 1 aromatic carbocycles. The number of hydrogen-bond acceptors (Lipinski definition) is 6. The van der Waals surface area contributed by atoms with Gasteiger partial charge in [0.1, 0.15) is 0 Å². The number of aliphatic carboxylic acids is 1. The summed E-state index contributed by atoms with van der Waals surface area (Å²) < 4.78 is 24.3. The highest BCUT2D eigenvalue weighted by atomic mass is 32.2. The van der Waals surface area contributed by atoms with Gasteiger partial charge in [-0.25, -0.2) is 8.42 Å². The SMILES string of the molecule is CCN(CC)c1ccc(N2C(=NC(=O)CCCC(=O)O)SC3CS(=O)(=O)CC32)cc1. The first kappa shape index (κ1) is 22.6. The molecule has 0 bridgehead atoms. The van der Waals surface area contributed by atoms with E-state index >= 15 is 0 Å². The Morgan fingerprint density at radius 1 is 1.17 bits per heavy atom. The van der Waals surface area contributed by atoms with E-state index in [4.69, 9.17) is 5.11 Å². The molecule has 1 aromatic rings. The minimum atomic E-state index is -3.13. The number of thioether (sulfide) groups is 1. The third kappa shape index (κ3) is 5.15. The fourth-order valence-corrected chi connectivity index (χ4v) is 7.76. The van der Waals surface area contributed by atoms with Crippen molar-refractivity contribution in [1.29, 1.82) is 0 Å². The molecule has 2 fully saturated rings. The summed E-state index contributed by atoms with van der Waals surface area (Å²) in [6, 6.07) is 7.61. The highest BCUT2D eigenvalue weighted by Crippen LogP contribution is 2.41. The zero-order chi connectivity index (χ0) is 21.9. The molecule has 164 valence electrons. The second kappa shape index (κ2) is 9.38. The Labute approximate surface area is 181 Å². The average molecular weight is 454 g/mol. The summed E-state index contributed by atoms with van der Waals surface area (Å²) in [7, 11) is -3.13. The predicted molar refractivity (Wildman–Crippen MR) is 120 cm³/mol. The van der Waals surface area contributed by atoms with Gasteiger partial charge in [-0.1, -0.05) is 11.8 Å². The van der Waals surface area contributed by atoms with Gasteiger partial charge in [0.15, 0.2) is 15.0 Å². The number of carbonyl (C=O) groups is 2. The molecule has 2 aliphatic rings. The Hall–Kier alpha value is -2.07. The van der Waals surface area contributed by atoms with Crippen molar-refractivity contribution in [2.75, 3.05) is 34.4 Å². The van der Waals surface area contributed by atoms with Crippen LogP contribution in [0.4, 0.5) is 11.4 Å². The summed E-state index contributed by atoms with van der Waals surface area (Å²) in [5.74, 6) is -1.22. The number of anilines is 2. The van der Waals surface area contributed by atoms with E-state index in [1.54, 1.807) is 0 Å². The predicted octanol–water partition coefficient (Wildman–Crippen LogP) is 2.39. The van der Waals surface area contributed by atoms with Crippen LogP contribution in [0.25, 0.3) is 0 Å². The van der Waals surface area contributed by atoms with Crippen molar-refractivity contribution < 1.29 is 23.1 Å². The zero-order valence-electron chi connectivity index (χ0n) is 17.2. The standard InChI is InChI=1S/C20H27N3O5S2/c1-3-22(4-2)14-8-10-15(11-9-14)23-16-12-30(27,28)13-17(16)29-20(23)21-18(24)6-5-7-19(25)26/h8-11,16-17H,3-7,12-13H2,1-2H3,(H,25,26). The van der Waals surface area contributed by atoms with Crippen LogP contribution < -0.4 is 9.80 Å². The maximum atomic E-state index is 12.3. The topological polar surface area (TPSA) is 107 Å². The Morgan fingerprint density at radius 3 is 2.43 bits per heavy atom. The number of hydrogen-bond donors (Lipinski definition) is 1. The third-order valence-corrected chi connectivity index (χ3v) is 8.53. The van der Waals surface area contributed by atoms with Crippen molar-refractivity contribution in [3.05, 3.63) is 24.3 Å². The number of amidine groups is 1. The van der Waals surface area contributed by atoms with Gasteiger partial charge in [-0.2, -0.15) is 4.99 Å². The zero-order valence-corrected chi connectivity index (χ0v) is 18.8. The summed E-state index contributed by atoms with van der Waals surface area (Å²) >= 11 is 1.32. The first-order chi connectivity index (χ1) is 14.2. The van der Waals surface area contributed by atoms with E-state index in [2.05, 4.69) is 23.7 Å². The Kier molecular flexibility index (Phi) is 7.07. The van der Waals surface area contributed by atoms with Crippen molar-refractivity contribution >= 4 is 50.0 Å². The second-order valence-corrected chi connectivity index (χ2v) is 10.8. The monoisotopic (exact) mass is 453 g/mol. The summed E-state index contributed by atoms with van der Waals surface area (Å²) in [6.07, 6.45) is 0.206. The van der Waals surface area contributed by atoms with Crippen LogP contribution in [-0.4, -0.2) is 66.5 Å². The van der Waals surface area contributed by atoms with Gasteiger partial charge in [0.25, 0.3) is 0 Å². The van der Waals surface area contributed by atoms with Crippen LogP contribution in [-0.2, 0) is 19.4 Å². The maximum absolute atomic E-state index is 12.3. The lowest BCUT2D eigenvalue weighted by molar-refractivity contribution is -0.137. The molecule has 8 nitrogen and oxygen atoms in total. The highest BCUT2D eigenvalue weighted by molar-refractivity contribution is 8.16. The van der Waals surface area contributed by atoms with E-state index in [-0.39, 0.29) is 48.0 Å². The smallest absolute Gasteiger partial charge is 0.303 e. The number of carboxylic acid groups (broad SMARTS) is 1. The molecule has 2 unspecified atom stereocenters. The minimum Gasteiger partial charge on any atom is -0.481 e. The molecule has 30 heavy (non-hydrogen) atoms. The van der Waals surface area contributed by atoms with Crippen LogP contribution in [0.5, 0.6) is 0 Å². The van der Waals surface area contributed by atoms with Crippen molar-refractivity contribution in [1.82, 2.24) is 0 Å². The third-order valence-electron chi connectivity index (χ3n) is 5.32. The van der Waals surface area contributed by atoms with Crippen LogP contribution in [0.15, 0.2) is 29.3 Å². The van der Waals surface area contributed by atoms with Crippen LogP contribution in [0, 0.1) is 0 Å². The van der Waals surface area contributed by atoms with E-state index in [0.29, 0.717) is 5.17 Å². The van der Waals surface area contributed by atoms with Gasteiger partial charge in [0.2, 0.25) is 5.91 Å². The number of sulfone groups is 1. The lowest BCUT2D eigenvalue weighted by Gasteiger charge is -2.26. The summed E-state index contributed by atoms with van der Waals surface area (Å²) in [5, 5.41) is 9.07. The minimum absolute atomic E-state index is 0.0364. The molecule has 0 spiro atoms. The first-order valence-electron chi connectivity index (χ1n) is 10.1. The number of fused-ring (bicyclic) bond motifs is 1. The average Bonchev–Trinajstić information content (AvgIpc) is 3.13. The van der Waals surface area contributed by atoms with Gasteiger partial charge < -0.3 is 14.9 Å². The van der Waals surface area contributed by atoms with Crippen molar-refractivity contribution in [3.63, 3.8) is 0 Å². The number of carbonyl (C=O) groups excluding carboxylic acids is 1. The second-order valence-electron chi connectivity index (χ2n) is 7.39. The van der Waals surface area contributed by atoms with Gasteiger partial charge in [0.05, 0.1) is 17.5 Å². The fraction of sp³-hybridized carbons (Fsp3) is 0.550. The van der Waals surface area contributed by atoms with Gasteiger partial charge >= 0.3 is 5.97 Å². The first-order valence-corrected chi connectivity index (χ1v) is 12.8. The number of rotatable bonds is 8. The quantitative estimate of drug-likeness (QED) is 0.639. The summed E-state index contributed by atoms with van der Waals surface area (Å²) in [6.45, 7) is 5.94. The van der Waals surface area contributed by atoms with Gasteiger partial charge in [-0.3, -0.25) is 9.59 Å². The van der Waals surface area contributed by atoms with Gasteiger partial charge in [-0.15, -0.1) is 0 Å². The maximum Gasteiger partial charge on any atom is 0.303 e. The van der Waals surface area contributed by atoms with Crippen molar-refractivity contribution in [3.8, 4) is 0 Å². The molecule has 2 aliphatic heterocycles. The van der Waals surface area contributed by atoms with E-state index < -0.39 is 15.8 Å². The number of amides is 1. The normalized spacial score (nSPS) is 23.5. The molecule has 1 amide bonds. The molecule has 0 radical (unpaired) electrons. The van der Waals surface area contributed by atoms with E-state index in [1.165, 1.54) is 11.8 Å². The highest BCUT2D eigenvalue weighted by Gasteiger charge is 2.49. The van der Waals surface area contributed by atoms with Crippen molar-refractivity contribution in [2.45, 2.75) is 44.4 Å². The van der Waals surface area contributed by atoms with Crippen LogP contribution in [0.1, 0.15) is 33.1 Å². The largest absolute Gasteiger partial charge is 0.481 e. The number of aliphatic imine (C=N–C) groups is 1. The molecule has 3 rings (SSSR count). The molecular formula is C20H27N3O5S2. The Balaban J connectivity index is 1.85. The molecule has 2 saturated heterocycles.